The van der Waals surface area contributed by atoms with Gasteiger partial charge in [0.2, 0.25) is 0 Å². The third kappa shape index (κ3) is 3.37. The first-order valence-corrected chi connectivity index (χ1v) is 6.78. The van der Waals surface area contributed by atoms with E-state index in [1.54, 1.807) is 0 Å². The van der Waals surface area contributed by atoms with Gasteiger partial charge in [-0.05, 0) is 24.6 Å². The van der Waals surface area contributed by atoms with Gasteiger partial charge in [0, 0.05) is 11.3 Å². The van der Waals surface area contributed by atoms with E-state index < -0.39 is 0 Å². The highest BCUT2D eigenvalue weighted by Crippen LogP contribution is 2.30. The summed E-state index contributed by atoms with van der Waals surface area (Å²) in [5.74, 6) is 0. The highest BCUT2D eigenvalue weighted by atomic mass is 32.1. The van der Waals surface area contributed by atoms with Gasteiger partial charge in [0.05, 0.1) is 0 Å². The van der Waals surface area contributed by atoms with Crippen LogP contribution < -0.4 is 5.32 Å². The Labute approximate surface area is 115 Å². The Balaban J connectivity index is 2.07. The molecule has 2 aromatic carbocycles. The average Bonchev–Trinajstić information content (AvgIpc) is 2.46. The van der Waals surface area contributed by atoms with Crippen LogP contribution in [0.25, 0.3) is 0 Å². The molecule has 2 heteroatoms. The second-order valence-electron chi connectivity index (χ2n) is 4.41. The lowest BCUT2D eigenvalue weighted by molar-refractivity contribution is 0.545. The van der Waals surface area contributed by atoms with Crippen LogP contribution in [-0.2, 0) is 0 Å². The maximum atomic E-state index is 4.72. The van der Waals surface area contributed by atoms with E-state index in [1.807, 2.05) is 19.2 Å². The molecule has 2 rings (SSSR count). The smallest absolute Gasteiger partial charge is 0.0331 e. The van der Waals surface area contributed by atoms with Gasteiger partial charge >= 0.3 is 0 Å². The lowest BCUT2D eigenvalue weighted by Gasteiger charge is -2.20. The van der Waals surface area contributed by atoms with E-state index in [9.17, 15) is 0 Å². The van der Waals surface area contributed by atoms with Crippen molar-refractivity contribution in [2.45, 2.75) is 17.7 Å². The Hall–Kier alpha value is -1.25. The van der Waals surface area contributed by atoms with Crippen LogP contribution in [0.5, 0.6) is 0 Å². The third-order valence-electron chi connectivity index (χ3n) is 3.19. The number of hydrogen-bond donors (Lipinski definition) is 2. The minimum Gasteiger partial charge on any atom is -0.313 e. The molecule has 2 atom stereocenters. The van der Waals surface area contributed by atoms with Gasteiger partial charge in [-0.25, -0.2) is 0 Å². The zero-order valence-electron chi connectivity index (χ0n) is 10.6. The molecule has 0 saturated carbocycles. The summed E-state index contributed by atoms with van der Waals surface area (Å²) in [7, 11) is 2.00. The first kappa shape index (κ1) is 13.2. The summed E-state index contributed by atoms with van der Waals surface area (Å²) in [4.78, 5) is 0. The summed E-state index contributed by atoms with van der Waals surface area (Å²) in [5.41, 5.74) is 2.59. The Kier molecular flexibility index (Phi) is 4.85. The first-order valence-electron chi connectivity index (χ1n) is 6.26. The molecule has 0 bridgehead atoms. The highest BCUT2D eigenvalue weighted by Gasteiger charge is 2.14. The van der Waals surface area contributed by atoms with Crippen molar-refractivity contribution in [1.29, 1.82) is 0 Å². The quantitative estimate of drug-likeness (QED) is 0.771. The Morgan fingerprint density at radius 1 is 0.889 bits per heavy atom. The molecule has 0 saturated heterocycles. The summed E-state index contributed by atoms with van der Waals surface area (Å²) >= 11 is 4.72. The lowest BCUT2D eigenvalue weighted by atomic mass is 9.99. The standard InChI is InChI=1S/C16H19NS/c1-17-15(13-8-4-2-5-9-13)12-16(18)14-10-6-3-7-11-14/h2-11,15-18H,12H2,1H3/t15-,16+/m0/s1. The lowest BCUT2D eigenvalue weighted by Crippen LogP contribution is -2.17. The predicted molar refractivity (Wildman–Crippen MR) is 81.0 cm³/mol. The van der Waals surface area contributed by atoms with Crippen LogP contribution in [0.15, 0.2) is 60.7 Å². The van der Waals surface area contributed by atoms with Crippen molar-refractivity contribution in [3.05, 3.63) is 71.8 Å². The minimum absolute atomic E-state index is 0.254. The Bertz CT molecular complexity index is 455. The van der Waals surface area contributed by atoms with Crippen LogP contribution >= 0.6 is 12.6 Å². The monoisotopic (exact) mass is 257 g/mol. The van der Waals surface area contributed by atoms with Crippen LogP contribution in [0, 0.1) is 0 Å². The maximum Gasteiger partial charge on any atom is 0.0331 e. The molecule has 0 aromatic heterocycles. The number of rotatable bonds is 5. The van der Waals surface area contributed by atoms with Crippen molar-refractivity contribution in [1.82, 2.24) is 5.32 Å². The molecule has 0 amide bonds. The van der Waals surface area contributed by atoms with Gasteiger partial charge in [-0.15, -0.1) is 0 Å². The number of thiol groups is 1. The summed E-state index contributed by atoms with van der Waals surface area (Å²) in [6, 6.07) is 21.3. The molecule has 0 aliphatic carbocycles. The van der Waals surface area contributed by atoms with Crippen molar-refractivity contribution < 1.29 is 0 Å². The summed E-state index contributed by atoms with van der Waals surface area (Å²) in [6.07, 6.45) is 0.980. The summed E-state index contributed by atoms with van der Waals surface area (Å²) in [5, 5.41) is 3.62. The molecule has 0 fully saturated rings. The zero-order chi connectivity index (χ0) is 12.8. The van der Waals surface area contributed by atoms with Crippen molar-refractivity contribution in [3.8, 4) is 0 Å². The Morgan fingerprint density at radius 2 is 1.39 bits per heavy atom. The average molecular weight is 257 g/mol. The van der Waals surface area contributed by atoms with Crippen LogP contribution in [0.4, 0.5) is 0 Å². The van der Waals surface area contributed by atoms with Crippen molar-refractivity contribution in [2.24, 2.45) is 0 Å². The maximum absolute atomic E-state index is 4.72. The summed E-state index contributed by atoms with van der Waals surface area (Å²) < 4.78 is 0. The molecule has 0 aliphatic rings. The number of benzene rings is 2. The van der Waals surface area contributed by atoms with Gasteiger partial charge in [0.1, 0.15) is 0 Å². The molecule has 0 radical (unpaired) electrons. The number of nitrogens with one attached hydrogen (secondary N) is 1. The van der Waals surface area contributed by atoms with Gasteiger partial charge in [-0.1, -0.05) is 60.7 Å². The predicted octanol–water partition coefficient (Wildman–Crippen LogP) is 4.01. The van der Waals surface area contributed by atoms with Crippen LogP contribution in [-0.4, -0.2) is 7.05 Å². The van der Waals surface area contributed by atoms with Crippen LogP contribution in [0.3, 0.4) is 0 Å². The zero-order valence-corrected chi connectivity index (χ0v) is 11.5. The highest BCUT2D eigenvalue weighted by molar-refractivity contribution is 7.80. The van der Waals surface area contributed by atoms with E-state index in [0.717, 1.165) is 6.42 Å². The van der Waals surface area contributed by atoms with Gasteiger partial charge in [0.15, 0.2) is 0 Å². The van der Waals surface area contributed by atoms with Crippen LogP contribution in [0.2, 0.25) is 0 Å². The van der Waals surface area contributed by atoms with E-state index in [2.05, 4.69) is 53.8 Å². The normalized spacial score (nSPS) is 14.1. The van der Waals surface area contributed by atoms with Crippen molar-refractivity contribution in [2.75, 3.05) is 7.05 Å². The molecule has 18 heavy (non-hydrogen) atoms. The van der Waals surface area contributed by atoms with Crippen molar-refractivity contribution in [3.63, 3.8) is 0 Å². The molecule has 0 heterocycles. The van der Waals surface area contributed by atoms with E-state index >= 15 is 0 Å². The molecular weight excluding hydrogens is 238 g/mol. The SMILES string of the molecule is CN[C@@H](C[C@@H](S)c1ccccc1)c1ccccc1. The van der Waals surface area contributed by atoms with Gasteiger partial charge in [-0.2, -0.15) is 12.6 Å². The fourth-order valence-corrected chi connectivity index (χ4v) is 2.52. The molecule has 2 aromatic rings. The largest absolute Gasteiger partial charge is 0.313 e. The fourth-order valence-electron chi connectivity index (χ4n) is 2.14. The first-order chi connectivity index (χ1) is 8.81. The number of hydrogen-bond acceptors (Lipinski definition) is 2. The second kappa shape index (κ2) is 6.62. The topological polar surface area (TPSA) is 12.0 Å². The van der Waals surface area contributed by atoms with Crippen molar-refractivity contribution >= 4 is 12.6 Å². The van der Waals surface area contributed by atoms with E-state index in [1.165, 1.54) is 11.1 Å². The second-order valence-corrected chi connectivity index (χ2v) is 5.04. The van der Waals surface area contributed by atoms with Gasteiger partial charge in [-0.3, -0.25) is 0 Å². The van der Waals surface area contributed by atoms with Gasteiger partial charge < -0.3 is 5.32 Å². The third-order valence-corrected chi connectivity index (χ3v) is 3.70. The molecule has 1 N–H and O–H groups in total. The summed E-state index contributed by atoms with van der Waals surface area (Å²) in [6.45, 7) is 0. The molecule has 0 unspecified atom stereocenters. The molecular formula is C16H19NS. The Morgan fingerprint density at radius 3 is 1.89 bits per heavy atom. The van der Waals surface area contributed by atoms with Gasteiger partial charge in [0.25, 0.3) is 0 Å². The minimum atomic E-state index is 0.254. The fraction of sp³-hybridized carbons (Fsp3) is 0.250. The molecule has 1 nitrogen and oxygen atoms in total. The molecule has 94 valence electrons. The van der Waals surface area contributed by atoms with E-state index in [4.69, 9.17) is 12.6 Å². The van der Waals surface area contributed by atoms with E-state index in [-0.39, 0.29) is 5.25 Å². The molecule has 0 spiro atoms. The van der Waals surface area contributed by atoms with E-state index in [0.29, 0.717) is 6.04 Å². The molecule has 0 aliphatic heterocycles. The van der Waals surface area contributed by atoms with Crippen LogP contribution in [0.1, 0.15) is 28.8 Å².